The summed E-state index contributed by atoms with van der Waals surface area (Å²) in [7, 11) is 0. The first-order chi connectivity index (χ1) is 10.2. The first-order valence-corrected chi connectivity index (χ1v) is 7.30. The predicted octanol–water partition coefficient (Wildman–Crippen LogP) is 1.73. The number of nitrogens with zero attached hydrogens (tertiary/aromatic N) is 2. The maximum absolute atomic E-state index is 12.2. The zero-order chi connectivity index (χ0) is 14.7. The second-order valence-corrected chi connectivity index (χ2v) is 5.63. The highest BCUT2D eigenvalue weighted by molar-refractivity contribution is 5.93. The molecule has 1 aliphatic heterocycles. The number of carbonyl (C=O) groups is 1. The van der Waals surface area contributed by atoms with Crippen molar-refractivity contribution in [2.45, 2.75) is 13.5 Å². The summed E-state index contributed by atoms with van der Waals surface area (Å²) in [6.07, 6.45) is 3.70. The van der Waals surface area contributed by atoms with Crippen LogP contribution in [0.2, 0.25) is 0 Å². The van der Waals surface area contributed by atoms with Gasteiger partial charge >= 0.3 is 0 Å². The van der Waals surface area contributed by atoms with Gasteiger partial charge in [0.2, 0.25) is 5.91 Å². The van der Waals surface area contributed by atoms with E-state index in [1.807, 2.05) is 41.2 Å². The summed E-state index contributed by atoms with van der Waals surface area (Å²) in [4.78, 5) is 12.2. The number of amides is 1. The van der Waals surface area contributed by atoms with Crippen molar-refractivity contribution in [1.82, 2.24) is 15.1 Å². The number of hydrogen-bond acceptors (Lipinski definition) is 3. The van der Waals surface area contributed by atoms with Crippen LogP contribution in [0.1, 0.15) is 12.5 Å². The molecule has 110 valence electrons. The highest BCUT2D eigenvalue weighted by Crippen LogP contribution is 2.19. The third-order valence-electron chi connectivity index (χ3n) is 3.98. The number of benzene rings is 1. The Balaban J connectivity index is 1.60. The smallest absolute Gasteiger partial charge is 0.229 e. The zero-order valence-electron chi connectivity index (χ0n) is 12.1. The SMILES string of the molecule is CC1CNCC1C(=O)Nc1ccc(Cn2cccn2)cc1. The average molecular weight is 284 g/mol. The lowest BCUT2D eigenvalue weighted by Crippen LogP contribution is -2.27. The van der Waals surface area contributed by atoms with Gasteiger partial charge in [-0.2, -0.15) is 5.10 Å². The molecule has 2 heterocycles. The van der Waals surface area contributed by atoms with Crippen LogP contribution in [0.3, 0.4) is 0 Å². The van der Waals surface area contributed by atoms with Crippen molar-refractivity contribution in [2.75, 3.05) is 18.4 Å². The van der Waals surface area contributed by atoms with Crippen molar-refractivity contribution >= 4 is 11.6 Å². The summed E-state index contributed by atoms with van der Waals surface area (Å²) in [5, 5.41) is 10.4. The molecule has 1 aromatic heterocycles. The summed E-state index contributed by atoms with van der Waals surface area (Å²) in [6, 6.07) is 9.85. The normalized spacial score (nSPS) is 21.4. The van der Waals surface area contributed by atoms with Gasteiger partial charge in [0.15, 0.2) is 0 Å². The van der Waals surface area contributed by atoms with Crippen molar-refractivity contribution in [2.24, 2.45) is 11.8 Å². The Hall–Kier alpha value is -2.14. The van der Waals surface area contributed by atoms with Crippen LogP contribution in [-0.2, 0) is 11.3 Å². The number of hydrogen-bond donors (Lipinski definition) is 2. The molecule has 1 aromatic carbocycles. The largest absolute Gasteiger partial charge is 0.326 e. The number of nitrogens with one attached hydrogen (secondary N) is 2. The van der Waals surface area contributed by atoms with Crippen LogP contribution in [0.4, 0.5) is 5.69 Å². The summed E-state index contributed by atoms with van der Waals surface area (Å²) in [5.74, 6) is 0.560. The Kier molecular flexibility index (Phi) is 4.01. The topological polar surface area (TPSA) is 59.0 Å². The molecule has 0 spiro atoms. The van der Waals surface area contributed by atoms with Gasteiger partial charge in [-0.05, 0) is 36.2 Å². The molecule has 3 rings (SSSR count). The summed E-state index contributed by atoms with van der Waals surface area (Å²) in [6.45, 7) is 4.54. The monoisotopic (exact) mass is 284 g/mol. The van der Waals surface area contributed by atoms with E-state index < -0.39 is 0 Å². The fraction of sp³-hybridized carbons (Fsp3) is 0.375. The van der Waals surface area contributed by atoms with Crippen LogP contribution in [-0.4, -0.2) is 28.8 Å². The predicted molar refractivity (Wildman–Crippen MR) is 81.9 cm³/mol. The quantitative estimate of drug-likeness (QED) is 0.899. The van der Waals surface area contributed by atoms with E-state index in [2.05, 4.69) is 22.7 Å². The Morgan fingerprint density at radius 1 is 1.38 bits per heavy atom. The minimum Gasteiger partial charge on any atom is -0.326 e. The lowest BCUT2D eigenvalue weighted by atomic mass is 9.97. The van der Waals surface area contributed by atoms with E-state index >= 15 is 0 Å². The second-order valence-electron chi connectivity index (χ2n) is 5.63. The Labute approximate surface area is 124 Å². The van der Waals surface area contributed by atoms with Gasteiger partial charge in [0, 0.05) is 24.6 Å². The van der Waals surface area contributed by atoms with E-state index in [-0.39, 0.29) is 11.8 Å². The highest BCUT2D eigenvalue weighted by atomic mass is 16.1. The van der Waals surface area contributed by atoms with Gasteiger partial charge in [-0.3, -0.25) is 9.48 Å². The van der Waals surface area contributed by atoms with E-state index in [1.54, 1.807) is 6.20 Å². The molecule has 1 fully saturated rings. The lowest BCUT2D eigenvalue weighted by molar-refractivity contribution is -0.120. The van der Waals surface area contributed by atoms with E-state index in [9.17, 15) is 4.79 Å². The number of anilines is 1. The van der Waals surface area contributed by atoms with Crippen LogP contribution in [0, 0.1) is 11.8 Å². The van der Waals surface area contributed by atoms with Crippen molar-refractivity contribution < 1.29 is 4.79 Å². The molecule has 21 heavy (non-hydrogen) atoms. The molecule has 1 saturated heterocycles. The molecule has 5 heteroatoms. The van der Waals surface area contributed by atoms with E-state index in [1.165, 1.54) is 0 Å². The summed E-state index contributed by atoms with van der Waals surface area (Å²) < 4.78 is 1.87. The molecule has 2 aromatic rings. The van der Waals surface area contributed by atoms with Gasteiger partial charge in [0.05, 0.1) is 12.5 Å². The van der Waals surface area contributed by atoms with Gasteiger partial charge in [-0.1, -0.05) is 19.1 Å². The van der Waals surface area contributed by atoms with Gasteiger partial charge < -0.3 is 10.6 Å². The minimum absolute atomic E-state index is 0.0637. The van der Waals surface area contributed by atoms with Gasteiger partial charge in [-0.15, -0.1) is 0 Å². The van der Waals surface area contributed by atoms with E-state index in [0.29, 0.717) is 5.92 Å². The molecule has 2 unspecified atom stereocenters. The Morgan fingerprint density at radius 3 is 2.81 bits per heavy atom. The fourth-order valence-corrected chi connectivity index (χ4v) is 2.67. The molecule has 0 aliphatic carbocycles. The van der Waals surface area contributed by atoms with Crippen molar-refractivity contribution in [3.63, 3.8) is 0 Å². The minimum atomic E-state index is 0.0637. The standard InChI is InChI=1S/C16H20N4O/c1-12-9-17-10-15(12)16(21)19-14-5-3-13(4-6-14)11-20-8-2-7-18-20/h2-8,12,15,17H,9-11H2,1H3,(H,19,21). The number of rotatable bonds is 4. The Bertz CT molecular complexity index is 591. The molecule has 5 nitrogen and oxygen atoms in total. The molecule has 0 saturated carbocycles. The van der Waals surface area contributed by atoms with Crippen molar-refractivity contribution in [3.05, 3.63) is 48.3 Å². The molecular formula is C16H20N4O. The van der Waals surface area contributed by atoms with Crippen molar-refractivity contribution in [3.8, 4) is 0 Å². The Morgan fingerprint density at radius 2 is 2.19 bits per heavy atom. The summed E-state index contributed by atoms with van der Waals surface area (Å²) in [5.41, 5.74) is 2.01. The van der Waals surface area contributed by atoms with Crippen LogP contribution < -0.4 is 10.6 Å². The third-order valence-corrected chi connectivity index (χ3v) is 3.98. The van der Waals surface area contributed by atoms with Crippen LogP contribution in [0.5, 0.6) is 0 Å². The molecular weight excluding hydrogens is 264 g/mol. The molecule has 2 N–H and O–H groups in total. The molecule has 2 atom stereocenters. The van der Waals surface area contributed by atoms with Crippen LogP contribution >= 0.6 is 0 Å². The number of aromatic nitrogens is 2. The van der Waals surface area contributed by atoms with E-state index in [0.717, 1.165) is 30.9 Å². The molecule has 1 aliphatic rings. The first kappa shape index (κ1) is 13.8. The molecule has 0 bridgehead atoms. The second kappa shape index (κ2) is 6.10. The van der Waals surface area contributed by atoms with Crippen LogP contribution in [0.15, 0.2) is 42.7 Å². The maximum atomic E-state index is 12.2. The van der Waals surface area contributed by atoms with E-state index in [4.69, 9.17) is 0 Å². The van der Waals surface area contributed by atoms with Gasteiger partial charge in [-0.25, -0.2) is 0 Å². The highest BCUT2D eigenvalue weighted by Gasteiger charge is 2.29. The summed E-state index contributed by atoms with van der Waals surface area (Å²) >= 11 is 0. The van der Waals surface area contributed by atoms with Crippen LogP contribution in [0.25, 0.3) is 0 Å². The lowest BCUT2D eigenvalue weighted by Gasteiger charge is -2.14. The number of carbonyl (C=O) groups excluding carboxylic acids is 1. The third kappa shape index (κ3) is 3.31. The average Bonchev–Trinajstić information content (AvgIpc) is 3.12. The molecule has 0 radical (unpaired) electrons. The van der Waals surface area contributed by atoms with Gasteiger partial charge in [0.1, 0.15) is 0 Å². The first-order valence-electron chi connectivity index (χ1n) is 7.30. The van der Waals surface area contributed by atoms with Gasteiger partial charge in [0.25, 0.3) is 0 Å². The molecule has 1 amide bonds. The van der Waals surface area contributed by atoms with Crippen molar-refractivity contribution in [1.29, 1.82) is 0 Å². The fourth-order valence-electron chi connectivity index (χ4n) is 2.67. The maximum Gasteiger partial charge on any atom is 0.229 e. The zero-order valence-corrected chi connectivity index (χ0v) is 12.1.